The van der Waals surface area contributed by atoms with E-state index in [0.717, 1.165) is 31.9 Å². The molecule has 2 fully saturated rings. The highest BCUT2D eigenvalue weighted by Crippen LogP contribution is 2.36. The minimum absolute atomic E-state index is 0.0826. The summed E-state index contributed by atoms with van der Waals surface area (Å²) < 4.78 is 5.49. The molecule has 1 N–H and O–H groups in total. The van der Waals surface area contributed by atoms with Gasteiger partial charge in [-0.05, 0) is 24.3 Å². The quantitative estimate of drug-likeness (QED) is 0.792. The normalized spacial score (nSPS) is 21.0. The maximum atomic E-state index is 13.5. The van der Waals surface area contributed by atoms with E-state index in [9.17, 15) is 9.59 Å². The lowest BCUT2D eigenvalue weighted by Gasteiger charge is -2.42. The minimum atomic E-state index is -0.570. The number of carbonyl (C=O) groups excluding carboxylic acids is 2. The van der Waals surface area contributed by atoms with Gasteiger partial charge in [-0.2, -0.15) is 0 Å². The van der Waals surface area contributed by atoms with E-state index in [1.54, 1.807) is 6.92 Å². The van der Waals surface area contributed by atoms with Gasteiger partial charge in [-0.15, -0.1) is 0 Å². The molecule has 2 saturated heterocycles. The lowest BCUT2D eigenvalue weighted by molar-refractivity contribution is -0.135. The van der Waals surface area contributed by atoms with Crippen molar-refractivity contribution in [2.45, 2.75) is 45.1 Å². The number of likely N-dealkylation sites (tertiary alicyclic amines) is 1. The third kappa shape index (κ3) is 4.98. The first-order chi connectivity index (χ1) is 13.9. The van der Waals surface area contributed by atoms with E-state index in [-0.39, 0.29) is 11.8 Å². The van der Waals surface area contributed by atoms with Gasteiger partial charge >= 0.3 is 0 Å². The van der Waals surface area contributed by atoms with Crippen molar-refractivity contribution in [3.05, 3.63) is 35.9 Å². The van der Waals surface area contributed by atoms with Gasteiger partial charge < -0.3 is 15.0 Å². The number of nitrogens with zero attached hydrogens (tertiary/aromatic N) is 2. The molecule has 1 unspecified atom stereocenters. The topological polar surface area (TPSA) is 61.9 Å². The standard InChI is InChI=1S/C23H35N3O3/c1-18(2)21(26-13-15-29-16-14-26)17-24-22(28)23(20-7-5-4-6-8-20)9-11-25(12-10-23)19(3)27/h4-8,18,21H,9-17H2,1-3H3,(H,24,28). The first-order valence-electron chi connectivity index (χ1n) is 10.8. The highest BCUT2D eigenvalue weighted by atomic mass is 16.5. The summed E-state index contributed by atoms with van der Waals surface area (Å²) in [7, 11) is 0. The lowest BCUT2D eigenvalue weighted by Crippen LogP contribution is -2.56. The molecule has 0 bridgehead atoms. The molecular formula is C23H35N3O3. The number of nitrogens with one attached hydrogen (secondary N) is 1. The van der Waals surface area contributed by atoms with Crippen LogP contribution in [0.4, 0.5) is 0 Å². The summed E-state index contributed by atoms with van der Waals surface area (Å²) in [5.74, 6) is 0.616. The summed E-state index contributed by atoms with van der Waals surface area (Å²) in [5.41, 5.74) is 0.480. The second-order valence-corrected chi connectivity index (χ2v) is 8.62. The van der Waals surface area contributed by atoms with E-state index in [2.05, 4.69) is 24.1 Å². The average Bonchev–Trinajstić information content (AvgIpc) is 2.75. The van der Waals surface area contributed by atoms with Gasteiger partial charge in [-0.1, -0.05) is 44.2 Å². The van der Waals surface area contributed by atoms with Gasteiger partial charge in [0.2, 0.25) is 11.8 Å². The number of morpholine rings is 1. The van der Waals surface area contributed by atoms with Crippen molar-refractivity contribution in [1.82, 2.24) is 15.1 Å². The summed E-state index contributed by atoms with van der Waals surface area (Å²) in [5, 5.41) is 3.29. The number of piperidine rings is 1. The third-order valence-electron chi connectivity index (χ3n) is 6.58. The van der Waals surface area contributed by atoms with Crippen molar-refractivity contribution in [3.63, 3.8) is 0 Å². The molecule has 160 valence electrons. The molecule has 29 heavy (non-hydrogen) atoms. The van der Waals surface area contributed by atoms with E-state index in [0.29, 0.717) is 44.4 Å². The Kier molecular flexibility index (Phi) is 7.30. The molecule has 1 aromatic rings. The molecule has 2 amide bonds. The molecule has 3 rings (SSSR count). The van der Waals surface area contributed by atoms with Crippen LogP contribution in [-0.2, 0) is 19.7 Å². The zero-order valence-electron chi connectivity index (χ0n) is 18.0. The Labute approximate surface area is 174 Å². The molecule has 0 aromatic heterocycles. The van der Waals surface area contributed by atoms with Gasteiger partial charge in [0.25, 0.3) is 0 Å². The van der Waals surface area contributed by atoms with Gasteiger partial charge in [0.15, 0.2) is 0 Å². The molecule has 6 heteroatoms. The van der Waals surface area contributed by atoms with Crippen LogP contribution in [0.2, 0.25) is 0 Å². The average molecular weight is 402 g/mol. The summed E-state index contributed by atoms with van der Waals surface area (Å²) >= 11 is 0. The maximum absolute atomic E-state index is 13.5. The highest BCUT2D eigenvalue weighted by Gasteiger charge is 2.43. The lowest BCUT2D eigenvalue weighted by atomic mass is 9.72. The number of benzene rings is 1. The van der Waals surface area contributed by atoms with E-state index < -0.39 is 5.41 Å². The Morgan fingerprint density at radius 2 is 1.69 bits per heavy atom. The van der Waals surface area contributed by atoms with Gasteiger partial charge in [0.05, 0.1) is 18.6 Å². The van der Waals surface area contributed by atoms with E-state index in [4.69, 9.17) is 4.74 Å². The minimum Gasteiger partial charge on any atom is -0.379 e. The largest absolute Gasteiger partial charge is 0.379 e. The number of hydrogen-bond acceptors (Lipinski definition) is 4. The fourth-order valence-corrected chi connectivity index (χ4v) is 4.67. The summed E-state index contributed by atoms with van der Waals surface area (Å²) in [6, 6.07) is 10.4. The van der Waals surface area contributed by atoms with Crippen molar-refractivity contribution >= 4 is 11.8 Å². The zero-order chi connectivity index (χ0) is 20.9. The third-order valence-corrected chi connectivity index (χ3v) is 6.58. The van der Waals surface area contributed by atoms with Crippen LogP contribution in [0.15, 0.2) is 30.3 Å². The fraction of sp³-hybridized carbons (Fsp3) is 0.652. The predicted molar refractivity (Wildman–Crippen MR) is 114 cm³/mol. The summed E-state index contributed by atoms with van der Waals surface area (Å²) in [6.45, 7) is 11.2. The van der Waals surface area contributed by atoms with Crippen LogP contribution in [0.25, 0.3) is 0 Å². The van der Waals surface area contributed by atoms with Gasteiger partial charge in [-0.25, -0.2) is 0 Å². The van der Waals surface area contributed by atoms with Crippen LogP contribution in [0, 0.1) is 5.92 Å². The number of ether oxygens (including phenoxy) is 1. The van der Waals surface area contributed by atoms with Crippen molar-refractivity contribution in [2.24, 2.45) is 5.92 Å². The van der Waals surface area contributed by atoms with Crippen LogP contribution < -0.4 is 5.32 Å². The molecule has 2 aliphatic heterocycles. The molecular weight excluding hydrogens is 366 g/mol. The number of carbonyl (C=O) groups is 2. The molecule has 6 nitrogen and oxygen atoms in total. The molecule has 0 radical (unpaired) electrons. The van der Waals surface area contributed by atoms with Crippen molar-refractivity contribution < 1.29 is 14.3 Å². The molecule has 1 aromatic carbocycles. The molecule has 2 aliphatic rings. The maximum Gasteiger partial charge on any atom is 0.230 e. The zero-order valence-corrected chi connectivity index (χ0v) is 18.0. The second kappa shape index (κ2) is 9.72. The Morgan fingerprint density at radius 1 is 1.07 bits per heavy atom. The van der Waals surface area contributed by atoms with Crippen LogP contribution >= 0.6 is 0 Å². The molecule has 1 atom stereocenters. The monoisotopic (exact) mass is 401 g/mol. The van der Waals surface area contributed by atoms with Gasteiger partial charge in [0, 0.05) is 45.7 Å². The van der Waals surface area contributed by atoms with E-state index in [1.807, 2.05) is 35.2 Å². The van der Waals surface area contributed by atoms with Crippen molar-refractivity contribution in [1.29, 1.82) is 0 Å². The van der Waals surface area contributed by atoms with Gasteiger partial charge in [-0.3, -0.25) is 14.5 Å². The fourth-order valence-electron chi connectivity index (χ4n) is 4.67. The van der Waals surface area contributed by atoms with Crippen LogP contribution in [0.3, 0.4) is 0 Å². The van der Waals surface area contributed by atoms with E-state index in [1.165, 1.54) is 0 Å². The SMILES string of the molecule is CC(=O)N1CCC(C(=O)NCC(C(C)C)N2CCOCC2)(c2ccccc2)CC1. The smallest absolute Gasteiger partial charge is 0.230 e. The van der Waals surface area contributed by atoms with Gasteiger partial charge in [0.1, 0.15) is 0 Å². The van der Waals surface area contributed by atoms with Crippen LogP contribution in [0.1, 0.15) is 39.2 Å². The number of hydrogen-bond donors (Lipinski definition) is 1. The number of rotatable bonds is 6. The molecule has 0 aliphatic carbocycles. The first kappa shape index (κ1) is 21.8. The highest BCUT2D eigenvalue weighted by molar-refractivity contribution is 5.88. The Morgan fingerprint density at radius 3 is 2.24 bits per heavy atom. The Bertz CT molecular complexity index is 678. The molecule has 0 saturated carbocycles. The summed E-state index contributed by atoms with van der Waals surface area (Å²) in [6.07, 6.45) is 1.32. The van der Waals surface area contributed by atoms with Crippen LogP contribution in [-0.4, -0.2) is 73.6 Å². The van der Waals surface area contributed by atoms with E-state index >= 15 is 0 Å². The number of amides is 2. The second-order valence-electron chi connectivity index (χ2n) is 8.62. The van der Waals surface area contributed by atoms with Crippen LogP contribution in [0.5, 0.6) is 0 Å². The first-order valence-corrected chi connectivity index (χ1v) is 10.8. The molecule has 0 spiro atoms. The van der Waals surface area contributed by atoms with Crippen molar-refractivity contribution in [3.8, 4) is 0 Å². The molecule has 2 heterocycles. The summed E-state index contributed by atoms with van der Waals surface area (Å²) in [4.78, 5) is 29.6. The Balaban J connectivity index is 1.74. The predicted octanol–water partition coefficient (Wildman–Crippen LogP) is 2.04. The van der Waals surface area contributed by atoms with Crippen molar-refractivity contribution in [2.75, 3.05) is 45.9 Å². The Hall–Kier alpha value is -1.92.